The number of aromatic nitrogens is 2. The highest BCUT2D eigenvalue weighted by molar-refractivity contribution is 6.30. The van der Waals surface area contributed by atoms with Crippen molar-refractivity contribution in [3.63, 3.8) is 0 Å². The van der Waals surface area contributed by atoms with Crippen molar-refractivity contribution in [2.75, 3.05) is 6.54 Å². The van der Waals surface area contributed by atoms with Crippen molar-refractivity contribution in [3.05, 3.63) is 53.1 Å². The molecule has 0 radical (unpaired) electrons. The molecule has 2 heterocycles. The van der Waals surface area contributed by atoms with Gasteiger partial charge in [0.2, 0.25) is 5.91 Å². The van der Waals surface area contributed by atoms with Crippen molar-refractivity contribution >= 4 is 17.5 Å². The van der Waals surface area contributed by atoms with Gasteiger partial charge in [-0.1, -0.05) is 23.7 Å². The van der Waals surface area contributed by atoms with E-state index in [0.717, 1.165) is 43.1 Å². The van der Waals surface area contributed by atoms with Crippen molar-refractivity contribution < 1.29 is 4.79 Å². The topological polar surface area (TPSA) is 38.1 Å². The largest absolute Gasteiger partial charge is 0.337 e. The molecular formula is C17H20ClN3O. The second-order valence-electron chi connectivity index (χ2n) is 5.73. The third kappa shape index (κ3) is 3.69. The van der Waals surface area contributed by atoms with Crippen LogP contribution in [0, 0.1) is 0 Å². The van der Waals surface area contributed by atoms with Crippen LogP contribution in [0.3, 0.4) is 0 Å². The zero-order valence-corrected chi connectivity index (χ0v) is 13.3. The summed E-state index contributed by atoms with van der Waals surface area (Å²) in [6.45, 7) is 2.46. The summed E-state index contributed by atoms with van der Waals surface area (Å²) in [5.74, 6) is 0.239. The molecule has 1 amide bonds. The zero-order valence-electron chi connectivity index (χ0n) is 12.5. The van der Waals surface area contributed by atoms with E-state index in [0.29, 0.717) is 13.0 Å². The van der Waals surface area contributed by atoms with Crippen LogP contribution in [0.25, 0.3) is 0 Å². The van der Waals surface area contributed by atoms with Gasteiger partial charge in [0, 0.05) is 30.7 Å². The lowest BCUT2D eigenvalue weighted by atomic mass is 10.1. The third-order valence-electron chi connectivity index (χ3n) is 4.10. The number of nitrogens with zero attached hydrogens (tertiary/aromatic N) is 3. The van der Waals surface area contributed by atoms with Crippen LogP contribution in [0.1, 0.15) is 30.5 Å². The molecule has 5 heteroatoms. The Morgan fingerprint density at radius 3 is 2.86 bits per heavy atom. The molecule has 2 aromatic rings. The fourth-order valence-electron chi connectivity index (χ4n) is 2.85. The van der Waals surface area contributed by atoms with E-state index in [1.807, 2.05) is 41.7 Å². The number of fused-ring (bicyclic) bond motifs is 1. The van der Waals surface area contributed by atoms with Crippen LogP contribution >= 0.6 is 11.6 Å². The molecule has 1 aromatic carbocycles. The van der Waals surface area contributed by atoms with Crippen molar-refractivity contribution in [1.82, 2.24) is 14.5 Å². The van der Waals surface area contributed by atoms with Crippen LogP contribution in [0.15, 0.2) is 36.8 Å². The van der Waals surface area contributed by atoms with Crippen LogP contribution < -0.4 is 0 Å². The van der Waals surface area contributed by atoms with Crippen molar-refractivity contribution in [1.29, 1.82) is 0 Å². The number of benzene rings is 1. The first-order valence-corrected chi connectivity index (χ1v) is 8.11. The lowest BCUT2D eigenvalue weighted by Gasteiger charge is -2.20. The minimum absolute atomic E-state index is 0.239. The average molecular weight is 318 g/mol. The number of aryl methyl sites for hydroxylation is 2. The maximum atomic E-state index is 12.4. The normalized spacial score (nSPS) is 14.5. The Morgan fingerprint density at radius 1 is 1.23 bits per heavy atom. The van der Waals surface area contributed by atoms with Crippen LogP contribution in [-0.2, 0) is 24.3 Å². The molecule has 0 saturated carbocycles. The third-order valence-corrected chi connectivity index (χ3v) is 4.35. The summed E-state index contributed by atoms with van der Waals surface area (Å²) in [6, 6.07) is 7.85. The second kappa shape index (κ2) is 6.97. The van der Waals surface area contributed by atoms with Crippen molar-refractivity contribution in [2.45, 2.75) is 38.8 Å². The van der Waals surface area contributed by atoms with Crippen molar-refractivity contribution in [3.8, 4) is 0 Å². The lowest BCUT2D eigenvalue weighted by Crippen LogP contribution is -2.30. The van der Waals surface area contributed by atoms with Gasteiger partial charge in [-0.05, 0) is 37.0 Å². The molecule has 116 valence electrons. The van der Waals surface area contributed by atoms with Gasteiger partial charge in [-0.2, -0.15) is 0 Å². The number of imidazole rings is 1. The number of carbonyl (C=O) groups is 1. The number of carbonyl (C=O) groups excluding carboxylic acids is 1. The van der Waals surface area contributed by atoms with E-state index in [2.05, 4.69) is 9.55 Å². The van der Waals surface area contributed by atoms with Gasteiger partial charge in [0.15, 0.2) is 0 Å². The van der Waals surface area contributed by atoms with E-state index >= 15 is 0 Å². The molecule has 0 atom stereocenters. The minimum atomic E-state index is 0.239. The van der Waals surface area contributed by atoms with Gasteiger partial charge in [0.1, 0.15) is 0 Å². The lowest BCUT2D eigenvalue weighted by molar-refractivity contribution is -0.131. The first-order chi connectivity index (χ1) is 10.7. The van der Waals surface area contributed by atoms with Crippen LogP contribution in [0.4, 0.5) is 0 Å². The standard InChI is InChI=1S/C17H20ClN3O/c18-15-7-5-14(6-8-15)3-1-4-17(22)20-9-2-10-21-13-19-11-16(21)12-20/h5-8,11,13H,1-4,9-10,12H2. The molecule has 1 aliphatic heterocycles. The smallest absolute Gasteiger partial charge is 0.222 e. The van der Waals surface area contributed by atoms with Crippen LogP contribution in [0.5, 0.6) is 0 Å². The Kier molecular flexibility index (Phi) is 4.78. The average Bonchev–Trinajstić information content (AvgIpc) is 2.86. The summed E-state index contributed by atoms with van der Waals surface area (Å²) in [5.41, 5.74) is 2.36. The van der Waals surface area contributed by atoms with Crippen LogP contribution in [0.2, 0.25) is 5.02 Å². The summed E-state index contributed by atoms with van der Waals surface area (Å²) in [5, 5.41) is 0.751. The molecule has 0 fully saturated rings. The van der Waals surface area contributed by atoms with Gasteiger partial charge < -0.3 is 9.47 Å². The maximum Gasteiger partial charge on any atom is 0.222 e. The fourth-order valence-corrected chi connectivity index (χ4v) is 2.98. The summed E-state index contributed by atoms with van der Waals surface area (Å²) < 4.78 is 2.14. The van der Waals surface area contributed by atoms with Gasteiger partial charge in [-0.3, -0.25) is 4.79 Å². The van der Waals surface area contributed by atoms with Gasteiger partial charge in [-0.15, -0.1) is 0 Å². The Hall–Kier alpha value is -1.81. The predicted octanol–water partition coefficient (Wildman–Crippen LogP) is 3.29. The zero-order chi connectivity index (χ0) is 15.4. The molecule has 4 nitrogen and oxygen atoms in total. The van der Waals surface area contributed by atoms with E-state index in [-0.39, 0.29) is 5.91 Å². The second-order valence-corrected chi connectivity index (χ2v) is 6.16. The molecule has 3 rings (SSSR count). The maximum absolute atomic E-state index is 12.4. The molecule has 0 bridgehead atoms. The van der Waals surface area contributed by atoms with Crippen molar-refractivity contribution in [2.24, 2.45) is 0 Å². The quantitative estimate of drug-likeness (QED) is 0.868. The van der Waals surface area contributed by atoms with E-state index < -0.39 is 0 Å². The Bertz CT molecular complexity index is 636. The van der Waals surface area contributed by atoms with E-state index in [9.17, 15) is 4.79 Å². The molecule has 0 N–H and O–H groups in total. The molecular weight excluding hydrogens is 298 g/mol. The molecule has 0 saturated heterocycles. The monoisotopic (exact) mass is 317 g/mol. The van der Waals surface area contributed by atoms with Gasteiger partial charge >= 0.3 is 0 Å². The molecule has 0 spiro atoms. The number of halogens is 1. The Balaban J connectivity index is 1.50. The van der Waals surface area contributed by atoms with Gasteiger partial charge in [0.25, 0.3) is 0 Å². The van der Waals surface area contributed by atoms with E-state index in [1.54, 1.807) is 0 Å². The minimum Gasteiger partial charge on any atom is -0.337 e. The van der Waals surface area contributed by atoms with E-state index in [1.165, 1.54) is 5.56 Å². The summed E-state index contributed by atoms with van der Waals surface area (Å²) in [4.78, 5) is 18.5. The highest BCUT2D eigenvalue weighted by atomic mass is 35.5. The molecule has 0 unspecified atom stereocenters. The highest BCUT2D eigenvalue weighted by Gasteiger charge is 2.18. The first kappa shape index (κ1) is 15.1. The molecule has 0 aliphatic carbocycles. The SMILES string of the molecule is O=C(CCCc1ccc(Cl)cc1)N1CCCn2cncc2C1. The van der Waals surface area contributed by atoms with Gasteiger partial charge in [0.05, 0.1) is 18.6 Å². The summed E-state index contributed by atoms with van der Waals surface area (Å²) >= 11 is 5.88. The number of amides is 1. The Morgan fingerprint density at radius 2 is 2.05 bits per heavy atom. The predicted molar refractivity (Wildman–Crippen MR) is 86.7 cm³/mol. The Labute approximate surface area is 135 Å². The summed E-state index contributed by atoms with van der Waals surface area (Å²) in [6.07, 6.45) is 7.08. The number of rotatable bonds is 4. The van der Waals surface area contributed by atoms with E-state index in [4.69, 9.17) is 11.6 Å². The van der Waals surface area contributed by atoms with Crippen LogP contribution in [-0.4, -0.2) is 26.9 Å². The summed E-state index contributed by atoms with van der Waals surface area (Å²) in [7, 11) is 0. The first-order valence-electron chi connectivity index (χ1n) is 7.73. The fraction of sp³-hybridized carbons (Fsp3) is 0.412. The molecule has 1 aromatic heterocycles. The highest BCUT2D eigenvalue weighted by Crippen LogP contribution is 2.15. The molecule has 1 aliphatic rings. The number of hydrogen-bond acceptors (Lipinski definition) is 2. The van der Waals surface area contributed by atoms with Gasteiger partial charge in [-0.25, -0.2) is 4.98 Å². The molecule has 22 heavy (non-hydrogen) atoms. The number of hydrogen-bond donors (Lipinski definition) is 0.